The first kappa shape index (κ1) is 37.5. The highest BCUT2D eigenvalue weighted by Gasteiger charge is 2.27. The SMILES string of the molecule is CCc1cc(Cc2cccnc2-c2ccc(F)cc2CO)n(C)n1.CCc1cc(Cc2cccnc2Cl)n(C)n1.OB1OCc2cc(F)ccc21. The maximum absolute atomic E-state index is 13.4. The number of hydrogen-bond donors (Lipinski definition) is 2. The van der Waals surface area contributed by atoms with E-state index in [4.69, 9.17) is 21.3 Å². The molecule has 0 fully saturated rings. The van der Waals surface area contributed by atoms with Crippen molar-refractivity contribution in [2.24, 2.45) is 14.1 Å². The van der Waals surface area contributed by atoms with E-state index in [1.54, 1.807) is 24.5 Å². The molecule has 7 rings (SSSR count). The zero-order valence-corrected chi connectivity index (χ0v) is 29.8. The number of aliphatic hydroxyl groups excluding tert-OH is 1. The van der Waals surface area contributed by atoms with E-state index in [9.17, 15) is 13.9 Å². The van der Waals surface area contributed by atoms with Crippen LogP contribution in [-0.2, 0) is 57.6 Å². The van der Waals surface area contributed by atoms with Crippen molar-refractivity contribution in [2.45, 2.75) is 52.7 Å². The summed E-state index contributed by atoms with van der Waals surface area (Å²) < 4.78 is 34.7. The van der Waals surface area contributed by atoms with Crippen LogP contribution in [0.2, 0.25) is 5.15 Å². The summed E-state index contributed by atoms with van der Waals surface area (Å²) in [7, 11) is 3.02. The lowest BCUT2D eigenvalue weighted by atomic mass is 9.80. The average molecular weight is 713 g/mol. The van der Waals surface area contributed by atoms with Crippen LogP contribution >= 0.6 is 11.6 Å². The number of benzene rings is 2. The molecule has 0 bridgehead atoms. The van der Waals surface area contributed by atoms with Crippen molar-refractivity contribution in [1.29, 1.82) is 0 Å². The predicted molar refractivity (Wildman–Crippen MR) is 194 cm³/mol. The third kappa shape index (κ3) is 9.53. The van der Waals surface area contributed by atoms with Gasteiger partial charge >= 0.3 is 7.12 Å². The average Bonchev–Trinajstić information content (AvgIpc) is 3.81. The number of hydrogen-bond acceptors (Lipinski definition) is 7. The number of aryl methyl sites for hydroxylation is 4. The van der Waals surface area contributed by atoms with Gasteiger partial charge in [0.05, 0.1) is 30.3 Å². The second-order valence-corrected chi connectivity index (χ2v) is 12.4. The van der Waals surface area contributed by atoms with E-state index in [1.165, 1.54) is 24.3 Å². The van der Waals surface area contributed by atoms with Gasteiger partial charge in [0, 0.05) is 56.3 Å². The summed E-state index contributed by atoms with van der Waals surface area (Å²) in [6, 6.07) is 20.7. The van der Waals surface area contributed by atoms with Crippen molar-refractivity contribution in [3.05, 3.63) is 147 Å². The Hall–Kier alpha value is -4.75. The lowest BCUT2D eigenvalue weighted by molar-refractivity contribution is 0.275. The van der Waals surface area contributed by atoms with Crippen molar-refractivity contribution in [2.75, 3.05) is 0 Å². The third-order valence-electron chi connectivity index (χ3n) is 8.51. The molecule has 264 valence electrons. The van der Waals surface area contributed by atoms with Gasteiger partial charge in [-0.15, -0.1) is 0 Å². The fourth-order valence-electron chi connectivity index (χ4n) is 5.71. The van der Waals surface area contributed by atoms with Gasteiger partial charge in [-0.05, 0) is 95.2 Å². The van der Waals surface area contributed by atoms with Gasteiger partial charge in [0.2, 0.25) is 0 Å². The molecule has 51 heavy (non-hydrogen) atoms. The molecule has 0 atom stereocenters. The maximum Gasteiger partial charge on any atom is 0.491 e. The molecule has 13 heteroatoms. The maximum atomic E-state index is 13.4. The number of rotatable bonds is 8. The number of aliphatic hydroxyl groups is 1. The van der Waals surface area contributed by atoms with Crippen molar-refractivity contribution < 1.29 is 23.6 Å². The molecule has 2 N–H and O–H groups in total. The van der Waals surface area contributed by atoms with E-state index in [1.807, 2.05) is 47.7 Å². The molecule has 2 aromatic carbocycles. The molecule has 6 aromatic rings. The largest absolute Gasteiger partial charge is 0.491 e. The summed E-state index contributed by atoms with van der Waals surface area (Å²) >= 11 is 6.03. The highest BCUT2D eigenvalue weighted by Crippen LogP contribution is 2.28. The zero-order chi connectivity index (χ0) is 36.5. The Kier molecular flexibility index (Phi) is 12.8. The molecule has 1 aliphatic heterocycles. The molecule has 0 unspecified atom stereocenters. The Morgan fingerprint density at radius 3 is 1.98 bits per heavy atom. The number of fused-ring (bicyclic) bond motifs is 1. The van der Waals surface area contributed by atoms with Gasteiger partial charge in [-0.1, -0.05) is 43.6 Å². The van der Waals surface area contributed by atoms with Crippen LogP contribution in [0.4, 0.5) is 8.78 Å². The number of halogens is 3. The standard InChI is InChI=1S/C19H20FN3O.C12H14ClN3.C7H6BFO2/c1-3-16-11-17(23(2)22-16)10-13-5-4-8-21-19(13)18-7-6-15(20)9-14(18)12-24;1-3-10-8-11(16(2)15-10)7-9-5-4-6-14-12(9)13;9-6-1-2-7-5(3-6)4-11-8(7)10/h4-9,11,24H,3,10,12H2,1-2H3;4-6,8H,3,7H2,1-2H3;1-3,10H,4H2. The van der Waals surface area contributed by atoms with Gasteiger partial charge in [0.25, 0.3) is 0 Å². The van der Waals surface area contributed by atoms with Crippen LogP contribution in [0.1, 0.15) is 58.9 Å². The summed E-state index contributed by atoms with van der Waals surface area (Å²) in [4.78, 5) is 8.54. The second-order valence-electron chi connectivity index (χ2n) is 12.0. The Bertz CT molecular complexity index is 2090. The van der Waals surface area contributed by atoms with Gasteiger partial charge in [0.15, 0.2) is 0 Å². The van der Waals surface area contributed by atoms with E-state index in [-0.39, 0.29) is 18.2 Å². The van der Waals surface area contributed by atoms with E-state index in [0.717, 1.165) is 70.0 Å². The molecule has 5 heterocycles. The summed E-state index contributed by atoms with van der Waals surface area (Å²) in [5.41, 5.74) is 9.93. The normalized spacial score (nSPS) is 11.8. The van der Waals surface area contributed by atoms with Crippen LogP contribution in [0, 0.1) is 11.6 Å². The molecule has 4 aromatic heterocycles. The van der Waals surface area contributed by atoms with Crippen LogP contribution < -0.4 is 5.46 Å². The van der Waals surface area contributed by atoms with Gasteiger partial charge < -0.3 is 14.8 Å². The molecule has 0 radical (unpaired) electrons. The van der Waals surface area contributed by atoms with Gasteiger partial charge in [-0.3, -0.25) is 14.3 Å². The molecular formula is C38H40BClF2N6O3. The molecule has 0 saturated heterocycles. The molecular weight excluding hydrogens is 673 g/mol. The van der Waals surface area contributed by atoms with Crippen molar-refractivity contribution in [3.63, 3.8) is 0 Å². The minimum Gasteiger partial charge on any atom is -0.423 e. The predicted octanol–water partition coefficient (Wildman–Crippen LogP) is 5.93. The third-order valence-corrected chi connectivity index (χ3v) is 8.85. The lowest BCUT2D eigenvalue weighted by Gasteiger charge is -2.12. The number of nitrogens with zero attached hydrogens (tertiary/aromatic N) is 6. The first-order valence-corrected chi connectivity index (χ1v) is 17.0. The monoisotopic (exact) mass is 712 g/mol. The highest BCUT2D eigenvalue weighted by molar-refractivity contribution is 6.61. The van der Waals surface area contributed by atoms with Crippen LogP contribution in [0.5, 0.6) is 0 Å². The molecule has 0 aliphatic carbocycles. The zero-order valence-electron chi connectivity index (χ0n) is 29.0. The summed E-state index contributed by atoms with van der Waals surface area (Å²) in [6.07, 6.45) is 6.71. The summed E-state index contributed by atoms with van der Waals surface area (Å²) in [5.74, 6) is -0.652. The van der Waals surface area contributed by atoms with Gasteiger partial charge in [-0.2, -0.15) is 10.2 Å². The van der Waals surface area contributed by atoms with Crippen molar-refractivity contribution in [1.82, 2.24) is 29.5 Å². The highest BCUT2D eigenvalue weighted by atomic mass is 35.5. The van der Waals surface area contributed by atoms with Crippen LogP contribution in [0.15, 0.2) is 85.2 Å². The lowest BCUT2D eigenvalue weighted by Crippen LogP contribution is -2.27. The minimum absolute atomic E-state index is 0.227. The molecule has 0 saturated carbocycles. The second kappa shape index (κ2) is 17.5. The molecule has 9 nitrogen and oxygen atoms in total. The van der Waals surface area contributed by atoms with E-state index in [0.29, 0.717) is 29.2 Å². The Labute approximate surface area is 301 Å². The van der Waals surface area contributed by atoms with Crippen LogP contribution in [0.25, 0.3) is 11.3 Å². The fourth-order valence-corrected chi connectivity index (χ4v) is 5.89. The van der Waals surface area contributed by atoms with Gasteiger partial charge in [0.1, 0.15) is 16.8 Å². The molecule has 1 aliphatic rings. The fraction of sp³-hybridized carbons (Fsp3) is 0.263. The Balaban J connectivity index is 0.000000160. The van der Waals surface area contributed by atoms with Crippen LogP contribution in [0.3, 0.4) is 0 Å². The summed E-state index contributed by atoms with van der Waals surface area (Å²) in [5, 5.41) is 28.1. The number of aromatic nitrogens is 6. The van der Waals surface area contributed by atoms with Crippen LogP contribution in [-0.4, -0.2) is 46.8 Å². The van der Waals surface area contributed by atoms with Crippen molar-refractivity contribution in [3.8, 4) is 11.3 Å². The van der Waals surface area contributed by atoms with E-state index < -0.39 is 7.12 Å². The minimum atomic E-state index is -0.870. The molecule has 0 spiro atoms. The number of pyridine rings is 2. The quantitative estimate of drug-likeness (QED) is 0.149. The molecule has 0 amide bonds. The Morgan fingerprint density at radius 2 is 1.37 bits per heavy atom. The topological polar surface area (TPSA) is 111 Å². The van der Waals surface area contributed by atoms with E-state index >= 15 is 0 Å². The van der Waals surface area contributed by atoms with E-state index in [2.05, 4.69) is 46.1 Å². The van der Waals surface area contributed by atoms with Crippen molar-refractivity contribution >= 4 is 24.2 Å². The first-order valence-electron chi connectivity index (χ1n) is 16.6. The Morgan fingerprint density at radius 1 is 0.784 bits per heavy atom. The summed E-state index contributed by atoms with van der Waals surface area (Å²) in [6.45, 7) is 4.25. The first-order chi connectivity index (χ1) is 24.6. The van der Waals surface area contributed by atoms with Gasteiger partial charge in [-0.25, -0.2) is 13.8 Å². The smallest absolute Gasteiger partial charge is 0.423 e.